The topological polar surface area (TPSA) is 84.1 Å². The van der Waals surface area contributed by atoms with Crippen molar-refractivity contribution in [2.24, 2.45) is 0 Å². The number of aromatic nitrogens is 2. The molecule has 0 radical (unpaired) electrons. The minimum absolute atomic E-state index is 0.198. The van der Waals surface area contributed by atoms with Crippen molar-refractivity contribution in [2.45, 2.75) is 26.4 Å². The molecule has 0 fully saturated rings. The van der Waals surface area contributed by atoms with Crippen molar-refractivity contribution in [2.75, 3.05) is 5.32 Å². The molecule has 2 N–H and O–H groups in total. The van der Waals surface area contributed by atoms with E-state index in [9.17, 15) is 9.59 Å². The fourth-order valence-electron chi connectivity index (χ4n) is 2.97. The van der Waals surface area contributed by atoms with Crippen LogP contribution in [-0.2, 0) is 11.4 Å². The van der Waals surface area contributed by atoms with E-state index in [-0.39, 0.29) is 11.3 Å². The smallest absolute Gasteiger partial charge is 0.264 e. The maximum atomic E-state index is 11.6. The van der Waals surface area contributed by atoms with Crippen LogP contribution in [0, 0.1) is 0 Å². The number of fused-ring (bicyclic) bond motifs is 3. The molecule has 1 aliphatic heterocycles. The Morgan fingerprint density at radius 1 is 1.22 bits per heavy atom. The van der Waals surface area contributed by atoms with Gasteiger partial charge >= 0.3 is 0 Å². The molecule has 1 aliphatic carbocycles. The average Bonchev–Trinajstić information content (AvgIpc) is 2.86. The molecule has 0 atom stereocenters. The van der Waals surface area contributed by atoms with Gasteiger partial charge in [0, 0.05) is 46.6 Å². The first-order valence-electron chi connectivity index (χ1n) is 7.47. The molecule has 116 valence electrons. The first-order chi connectivity index (χ1) is 11.1. The number of aromatic amines is 1. The van der Waals surface area contributed by atoms with Crippen LogP contribution in [0.2, 0.25) is 0 Å². The van der Waals surface area contributed by atoms with Crippen LogP contribution >= 0.6 is 0 Å². The minimum Gasteiger partial charge on any atom is -0.488 e. The number of rotatable bonds is 2. The zero-order valence-electron chi connectivity index (χ0n) is 12.6. The van der Waals surface area contributed by atoms with Crippen molar-refractivity contribution in [3.8, 4) is 17.0 Å². The van der Waals surface area contributed by atoms with Gasteiger partial charge in [0.1, 0.15) is 18.1 Å². The van der Waals surface area contributed by atoms with E-state index in [2.05, 4.69) is 15.5 Å². The first kappa shape index (κ1) is 13.8. The number of ether oxygens (including phenoxy) is 1. The summed E-state index contributed by atoms with van der Waals surface area (Å²) in [6, 6.07) is 7.24. The fraction of sp³-hybridized carbons (Fsp3) is 0.235. The monoisotopic (exact) mass is 309 g/mol. The van der Waals surface area contributed by atoms with E-state index >= 15 is 0 Å². The van der Waals surface area contributed by atoms with Crippen LogP contribution in [-0.4, -0.2) is 16.0 Å². The van der Waals surface area contributed by atoms with Gasteiger partial charge in [-0.05, 0) is 25.5 Å². The van der Waals surface area contributed by atoms with Crippen LogP contribution in [0.15, 0.2) is 40.3 Å². The summed E-state index contributed by atoms with van der Waals surface area (Å²) < 4.78 is 5.74. The number of nitrogens with one attached hydrogen (secondary N) is 2. The Labute approximate surface area is 132 Å². The lowest BCUT2D eigenvalue weighted by Gasteiger charge is -2.20. The third kappa shape index (κ3) is 2.32. The summed E-state index contributed by atoms with van der Waals surface area (Å²) in [4.78, 5) is 23.0. The number of hydrogen-bond acceptors (Lipinski definition) is 5. The van der Waals surface area contributed by atoms with Gasteiger partial charge in [0.15, 0.2) is 5.78 Å². The minimum atomic E-state index is -0.234. The number of H-pyrrole nitrogens is 1. The van der Waals surface area contributed by atoms with E-state index in [4.69, 9.17) is 4.74 Å². The van der Waals surface area contributed by atoms with Crippen LogP contribution in [0.1, 0.15) is 25.3 Å². The Morgan fingerprint density at radius 2 is 2.09 bits per heavy atom. The molecular formula is C17H15N3O3. The maximum Gasteiger partial charge on any atom is 0.264 e. The number of ketones is 1. The normalized spacial score (nSPS) is 16.0. The summed E-state index contributed by atoms with van der Waals surface area (Å²) in [5, 5.41) is 9.89. The van der Waals surface area contributed by atoms with Crippen molar-refractivity contribution >= 4 is 11.5 Å². The molecule has 4 rings (SSSR count). The van der Waals surface area contributed by atoms with E-state index in [1.165, 1.54) is 6.07 Å². The SMILES string of the molecule is CC1=C(Nc2ccc3c(c2)OCc2cc(=O)[nH]nc2-3)CCC1=O. The highest BCUT2D eigenvalue weighted by Crippen LogP contribution is 2.37. The molecule has 2 heterocycles. The lowest BCUT2D eigenvalue weighted by Crippen LogP contribution is -2.15. The number of hydrogen-bond donors (Lipinski definition) is 2. The van der Waals surface area contributed by atoms with Crippen LogP contribution in [0.3, 0.4) is 0 Å². The highest BCUT2D eigenvalue weighted by Gasteiger charge is 2.22. The zero-order chi connectivity index (χ0) is 16.0. The second-order valence-electron chi connectivity index (χ2n) is 5.76. The summed E-state index contributed by atoms with van der Waals surface area (Å²) in [5.74, 6) is 0.911. The number of benzene rings is 1. The van der Waals surface area contributed by atoms with Gasteiger partial charge in [-0.1, -0.05) is 0 Å². The largest absolute Gasteiger partial charge is 0.488 e. The van der Waals surface area contributed by atoms with Gasteiger partial charge < -0.3 is 10.1 Å². The molecule has 0 unspecified atom stereocenters. The summed E-state index contributed by atoms with van der Waals surface area (Å²) >= 11 is 0. The Hall–Kier alpha value is -2.89. The van der Waals surface area contributed by atoms with Gasteiger partial charge in [0.25, 0.3) is 5.56 Å². The summed E-state index contributed by atoms with van der Waals surface area (Å²) in [5.41, 5.74) is 4.77. The molecular weight excluding hydrogens is 294 g/mol. The second-order valence-corrected chi connectivity index (χ2v) is 5.76. The molecule has 0 saturated carbocycles. The summed E-state index contributed by atoms with van der Waals surface area (Å²) in [6.07, 6.45) is 1.31. The Balaban J connectivity index is 1.69. The fourth-order valence-corrected chi connectivity index (χ4v) is 2.97. The average molecular weight is 309 g/mol. The van der Waals surface area contributed by atoms with Crippen molar-refractivity contribution in [1.29, 1.82) is 0 Å². The molecule has 2 aliphatic rings. The van der Waals surface area contributed by atoms with Crippen molar-refractivity contribution in [3.05, 3.63) is 51.5 Å². The van der Waals surface area contributed by atoms with Crippen LogP contribution in [0.4, 0.5) is 5.69 Å². The molecule has 1 aromatic carbocycles. The highest BCUT2D eigenvalue weighted by atomic mass is 16.5. The number of carbonyl (C=O) groups is 1. The lowest BCUT2D eigenvalue weighted by atomic mass is 10.0. The van der Waals surface area contributed by atoms with Crippen LogP contribution in [0.5, 0.6) is 5.75 Å². The molecule has 2 aromatic rings. The number of allylic oxidation sites excluding steroid dienone is 2. The Morgan fingerprint density at radius 3 is 2.87 bits per heavy atom. The van der Waals surface area contributed by atoms with Gasteiger partial charge in [-0.25, -0.2) is 5.10 Å². The quantitative estimate of drug-likeness (QED) is 0.890. The predicted octanol–water partition coefficient (Wildman–Crippen LogP) is 2.38. The predicted molar refractivity (Wildman–Crippen MR) is 85.2 cm³/mol. The van der Waals surface area contributed by atoms with E-state index in [1.807, 2.05) is 25.1 Å². The highest BCUT2D eigenvalue weighted by molar-refractivity contribution is 5.98. The number of anilines is 1. The number of Topliss-reactive ketones (excluding diaryl/α,β-unsaturated/α-hetero) is 1. The second kappa shape index (κ2) is 5.08. The molecule has 6 nitrogen and oxygen atoms in total. The molecule has 1 aromatic heterocycles. The zero-order valence-corrected chi connectivity index (χ0v) is 12.6. The van der Waals surface area contributed by atoms with E-state index in [0.29, 0.717) is 18.8 Å². The molecule has 0 saturated heterocycles. The Bertz CT molecular complexity index is 912. The first-order valence-corrected chi connectivity index (χ1v) is 7.47. The number of carbonyl (C=O) groups excluding carboxylic acids is 1. The summed E-state index contributed by atoms with van der Waals surface area (Å²) in [6.45, 7) is 2.17. The van der Waals surface area contributed by atoms with E-state index in [0.717, 1.165) is 40.2 Å². The van der Waals surface area contributed by atoms with Crippen LogP contribution < -0.4 is 15.6 Å². The number of nitrogens with zero attached hydrogens (tertiary/aromatic N) is 1. The van der Waals surface area contributed by atoms with E-state index in [1.54, 1.807) is 0 Å². The third-order valence-corrected chi connectivity index (χ3v) is 4.28. The standard InChI is InChI=1S/C17H15N3O3/c1-9-13(4-5-14(9)21)18-11-2-3-12-15(7-11)23-8-10-6-16(22)19-20-17(10)12/h2-3,6-7,18H,4-5,8H2,1H3,(H,19,22). The van der Waals surface area contributed by atoms with Crippen molar-refractivity contribution in [1.82, 2.24) is 10.2 Å². The molecule has 0 bridgehead atoms. The summed E-state index contributed by atoms with van der Waals surface area (Å²) in [7, 11) is 0. The van der Waals surface area contributed by atoms with Gasteiger partial charge in [-0.15, -0.1) is 0 Å². The van der Waals surface area contributed by atoms with Crippen molar-refractivity contribution in [3.63, 3.8) is 0 Å². The van der Waals surface area contributed by atoms with Gasteiger partial charge in [-0.2, -0.15) is 5.10 Å². The third-order valence-electron chi connectivity index (χ3n) is 4.28. The molecule has 0 spiro atoms. The van der Waals surface area contributed by atoms with Crippen LogP contribution in [0.25, 0.3) is 11.3 Å². The van der Waals surface area contributed by atoms with Gasteiger partial charge in [0.05, 0.1) is 0 Å². The molecule has 6 heteroatoms. The van der Waals surface area contributed by atoms with Crippen molar-refractivity contribution < 1.29 is 9.53 Å². The molecule has 0 amide bonds. The molecule has 23 heavy (non-hydrogen) atoms. The maximum absolute atomic E-state index is 11.6. The van der Waals surface area contributed by atoms with Gasteiger partial charge in [-0.3, -0.25) is 9.59 Å². The Kier molecular flexibility index (Phi) is 3.04. The lowest BCUT2D eigenvalue weighted by molar-refractivity contribution is -0.114. The van der Waals surface area contributed by atoms with E-state index < -0.39 is 0 Å². The van der Waals surface area contributed by atoms with Gasteiger partial charge in [0.2, 0.25) is 0 Å².